The predicted octanol–water partition coefficient (Wildman–Crippen LogP) is 4.84. The number of hydrogen-bond acceptors (Lipinski definition) is 3. The number of anilines is 2. The van der Waals surface area contributed by atoms with Gasteiger partial charge in [0, 0.05) is 28.9 Å². The van der Waals surface area contributed by atoms with Crippen molar-refractivity contribution in [2.75, 3.05) is 23.3 Å². The molecule has 0 unspecified atom stereocenters. The van der Waals surface area contributed by atoms with Gasteiger partial charge in [0.05, 0.1) is 0 Å². The summed E-state index contributed by atoms with van der Waals surface area (Å²) in [4.78, 5) is 14.5. The first kappa shape index (κ1) is 18.8. The highest BCUT2D eigenvalue weighted by atomic mass is 79.9. The van der Waals surface area contributed by atoms with Crippen molar-refractivity contribution >= 4 is 39.3 Å². The van der Waals surface area contributed by atoms with Crippen molar-refractivity contribution in [1.82, 2.24) is 0 Å². The summed E-state index contributed by atoms with van der Waals surface area (Å²) in [6.45, 7) is 6.09. The topological polar surface area (TPSA) is 56.1 Å². The van der Waals surface area contributed by atoms with Gasteiger partial charge in [-0.25, -0.2) is 0 Å². The first-order valence-electron chi connectivity index (χ1n) is 8.11. The molecule has 0 heterocycles. The van der Waals surface area contributed by atoms with Crippen LogP contribution in [0.1, 0.15) is 19.4 Å². The molecule has 0 saturated heterocycles. The van der Waals surface area contributed by atoms with E-state index >= 15 is 0 Å². The number of amides is 1. The lowest BCUT2D eigenvalue weighted by atomic mass is 10.1. The summed E-state index contributed by atoms with van der Waals surface area (Å²) in [6, 6.07) is 17.0. The average molecular weight is 398 g/mol. The van der Waals surface area contributed by atoms with Gasteiger partial charge in [-0.3, -0.25) is 4.79 Å². The fourth-order valence-corrected chi connectivity index (χ4v) is 2.85. The normalized spacial score (nSPS) is 10.9. The molecule has 2 aromatic rings. The van der Waals surface area contributed by atoms with Gasteiger partial charge in [0.25, 0.3) is 5.91 Å². The molecule has 25 heavy (non-hydrogen) atoms. The van der Waals surface area contributed by atoms with Gasteiger partial charge in [-0.05, 0) is 55.8 Å². The lowest BCUT2D eigenvalue weighted by Crippen LogP contribution is -2.21. The predicted molar refractivity (Wildman–Crippen MR) is 106 cm³/mol. The van der Waals surface area contributed by atoms with Crippen molar-refractivity contribution in [3.05, 3.63) is 64.1 Å². The van der Waals surface area contributed by atoms with Gasteiger partial charge in [0.1, 0.15) is 11.6 Å². The number of nitriles is 1. The Hall–Kier alpha value is -2.58. The molecule has 1 N–H and O–H groups in total. The van der Waals surface area contributed by atoms with Crippen molar-refractivity contribution in [2.45, 2.75) is 13.8 Å². The molecule has 1 amide bonds. The summed E-state index contributed by atoms with van der Waals surface area (Å²) in [6.07, 6.45) is 1.60. The molecule has 0 aliphatic carbocycles. The Kier molecular flexibility index (Phi) is 6.79. The maximum Gasteiger partial charge on any atom is 0.266 e. The van der Waals surface area contributed by atoms with Gasteiger partial charge < -0.3 is 10.2 Å². The van der Waals surface area contributed by atoms with E-state index < -0.39 is 5.91 Å². The van der Waals surface area contributed by atoms with E-state index in [2.05, 4.69) is 40.0 Å². The van der Waals surface area contributed by atoms with Crippen molar-refractivity contribution in [3.63, 3.8) is 0 Å². The second-order valence-corrected chi connectivity index (χ2v) is 6.31. The van der Waals surface area contributed by atoms with E-state index in [1.165, 1.54) is 0 Å². The number of benzene rings is 2. The SMILES string of the molecule is CCN(CC)c1ccc(/C=C(/C#N)C(=O)Nc2cccc(Br)c2)cc1. The molecule has 0 fully saturated rings. The van der Waals surface area contributed by atoms with Crippen molar-refractivity contribution < 1.29 is 4.79 Å². The second-order valence-electron chi connectivity index (χ2n) is 5.40. The molecule has 0 atom stereocenters. The van der Waals surface area contributed by atoms with Crippen LogP contribution in [0.3, 0.4) is 0 Å². The van der Waals surface area contributed by atoms with Gasteiger partial charge in [0.15, 0.2) is 0 Å². The quantitative estimate of drug-likeness (QED) is 0.560. The third kappa shape index (κ3) is 5.20. The van der Waals surface area contributed by atoms with Crippen LogP contribution in [0, 0.1) is 11.3 Å². The highest BCUT2D eigenvalue weighted by molar-refractivity contribution is 9.10. The van der Waals surface area contributed by atoms with Crippen molar-refractivity contribution in [3.8, 4) is 6.07 Å². The van der Waals surface area contributed by atoms with Gasteiger partial charge in [-0.15, -0.1) is 0 Å². The summed E-state index contributed by atoms with van der Waals surface area (Å²) < 4.78 is 0.861. The molecule has 2 rings (SSSR count). The highest BCUT2D eigenvalue weighted by Gasteiger charge is 2.10. The third-order valence-corrected chi connectivity index (χ3v) is 4.27. The van der Waals surface area contributed by atoms with E-state index in [0.717, 1.165) is 28.8 Å². The fourth-order valence-electron chi connectivity index (χ4n) is 2.45. The minimum absolute atomic E-state index is 0.0653. The number of carbonyl (C=O) groups excluding carboxylic acids is 1. The van der Waals surface area contributed by atoms with Gasteiger partial charge >= 0.3 is 0 Å². The summed E-state index contributed by atoms with van der Waals surface area (Å²) in [5.74, 6) is -0.423. The Morgan fingerprint density at radius 1 is 1.20 bits per heavy atom. The zero-order chi connectivity index (χ0) is 18.2. The van der Waals surface area contributed by atoms with Crippen LogP contribution in [0.4, 0.5) is 11.4 Å². The molecule has 0 bridgehead atoms. The molecular weight excluding hydrogens is 378 g/mol. The third-order valence-electron chi connectivity index (χ3n) is 3.78. The summed E-state index contributed by atoms with van der Waals surface area (Å²) in [5, 5.41) is 12.0. The average Bonchev–Trinajstić information content (AvgIpc) is 2.62. The first-order valence-corrected chi connectivity index (χ1v) is 8.90. The highest BCUT2D eigenvalue weighted by Crippen LogP contribution is 2.18. The Balaban J connectivity index is 2.16. The Bertz CT molecular complexity index is 802. The maximum atomic E-state index is 12.3. The van der Waals surface area contributed by atoms with E-state index in [1.807, 2.05) is 42.5 Å². The van der Waals surface area contributed by atoms with Gasteiger partial charge in [-0.2, -0.15) is 5.26 Å². The van der Waals surface area contributed by atoms with Crippen LogP contribution < -0.4 is 10.2 Å². The lowest BCUT2D eigenvalue weighted by molar-refractivity contribution is -0.112. The molecule has 0 radical (unpaired) electrons. The van der Waals surface area contributed by atoms with Crippen molar-refractivity contribution in [1.29, 1.82) is 5.26 Å². The summed E-state index contributed by atoms with van der Waals surface area (Å²) >= 11 is 3.36. The number of halogens is 1. The van der Waals surface area contributed by atoms with E-state index in [0.29, 0.717) is 5.69 Å². The van der Waals surface area contributed by atoms with Crippen molar-refractivity contribution in [2.24, 2.45) is 0 Å². The second kappa shape index (κ2) is 9.05. The standard InChI is InChI=1S/C20H20BrN3O/c1-3-24(4-2)19-10-8-15(9-11-19)12-16(14-22)20(25)23-18-7-5-6-17(21)13-18/h5-13H,3-4H2,1-2H3,(H,23,25)/b16-12-. The van der Waals surface area contributed by atoms with Crippen LogP contribution in [0.15, 0.2) is 58.6 Å². The van der Waals surface area contributed by atoms with E-state index in [1.54, 1.807) is 18.2 Å². The Morgan fingerprint density at radius 3 is 2.44 bits per heavy atom. The maximum absolute atomic E-state index is 12.3. The van der Waals surface area contributed by atoms with Crippen LogP contribution in [-0.4, -0.2) is 19.0 Å². The first-order chi connectivity index (χ1) is 12.1. The fraction of sp³-hybridized carbons (Fsp3) is 0.200. The molecule has 0 aliphatic rings. The molecule has 128 valence electrons. The van der Waals surface area contributed by atoms with Gasteiger partial charge in [0.2, 0.25) is 0 Å². The van der Waals surface area contributed by atoms with Crippen LogP contribution in [0.5, 0.6) is 0 Å². The Morgan fingerprint density at radius 2 is 1.88 bits per heavy atom. The zero-order valence-electron chi connectivity index (χ0n) is 14.3. The van der Waals surface area contributed by atoms with E-state index in [9.17, 15) is 10.1 Å². The summed E-state index contributed by atoms with van der Waals surface area (Å²) in [7, 11) is 0. The molecule has 0 spiro atoms. The molecule has 5 heteroatoms. The smallest absolute Gasteiger partial charge is 0.266 e. The number of carbonyl (C=O) groups is 1. The van der Waals surface area contributed by atoms with Crippen LogP contribution in [-0.2, 0) is 4.79 Å². The lowest BCUT2D eigenvalue weighted by Gasteiger charge is -2.20. The zero-order valence-corrected chi connectivity index (χ0v) is 15.9. The molecule has 0 saturated carbocycles. The monoisotopic (exact) mass is 397 g/mol. The molecular formula is C20H20BrN3O. The molecule has 2 aromatic carbocycles. The number of nitrogens with zero attached hydrogens (tertiary/aromatic N) is 2. The minimum atomic E-state index is -0.423. The molecule has 0 aromatic heterocycles. The van der Waals surface area contributed by atoms with E-state index in [4.69, 9.17) is 0 Å². The van der Waals surface area contributed by atoms with E-state index in [-0.39, 0.29) is 5.57 Å². The molecule has 4 nitrogen and oxygen atoms in total. The Labute approximate surface area is 156 Å². The number of rotatable bonds is 6. The number of nitrogens with one attached hydrogen (secondary N) is 1. The largest absolute Gasteiger partial charge is 0.372 e. The number of hydrogen-bond donors (Lipinski definition) is 1. The van der Waals surface area contributed by atoms with Crippen LogP contribution in [0.25, 0.3) is 6.08 Å². The summed E-state index contributed by atoms with van der Waals surface area (Å²) in [5.41, 5.74) is 2.64. The molecule has 0 aliphatic heterocycles. The van der Waals surface area contributed by atoms with Crippen LogP contribution in [0.2, 0.25) is 0 Å². The van der Waals surface area contributed by atoms with Crippen LogP contribution >= 0.6 is 15.9 Å². The minimum Gasteiger partial charge on any atom is -0.372 e. The van der Waals surface area contributed by atoms with Gasteiger partial charge in [-0.1, -0.05) is 34.1 Å².